The molecule has 0 spiro atoms. The summed E-state index contributed by atoms with van der Waals surface area (Å²) in [4.78, 5) is 10.9. The second-order valence-corrected chi connectivity index (χ2v) is 3.09. The second-order valence-electron chi connectivity index (χ2n) is 3.09. The van der Waals surface area contributed by atoms with E-state index in [1.54, 1.807) is 14.0 Å². The zero-order valence-electron chi connectivity index (χ0n) is 9.14. The summed E-state index contributed by atoms with van der Waals surface area (Å²) in [6.07, 6.45) is -1.05. The Bertz CT molecular complexity index is 372. The molecule has 0 aliphatic rings. The molecule has 1 unspecified atom stereocenters. The molecule has 1 aromatic heterocycles. The van der Waals surface area contributed by atoms with Gasteiger partial charge in [0, 0.05) is 14.2 Å². The van der Waals surface area contributed by atoms with E-state index in [1.165, 1.54) is 18.9 Å². The molecule has 0 radical (unpaired) electrons. The number of hydrogen-bond donors (Lipinski definition) is 1. The van der Waals surface area contributed by atoms with Gasteiger partial charge in [-0.25, -0.2) is 9.48 Å². The Balaban J connectivity index is 3.27. The van der Waals surface area contributed by atoms with Crippen LogP contribution in [0.4, 0.5) is 0 Å². The number of aromatic nitrogens is 2. The van der Waals surface area contributed by atoms with Crippen LogP contribution in [0.1, 0.15) is 17.4 Å². The molecule has 1 atom stereocenters. The van der Waals surface area contributed by atoms with E-state index in [2.05, 4.69) is 5.10 Å². The lowest BCUT2D eigenvalue weighted by Crippen LogP contribution is -2.15. The van der Waals surface area contributed by atoms with Crippen molar-refractivity contribution >= 4 is 5.97 Å². The number of methoxy groups -OCH3 is 2. The molecule has 1 N–H and O–H groups in total. The van der Waals surface area contributed by atoms with Gasteiger partial charge in [0.05, 0.1) is 18.4 Å². The summed E-state index contributed by atoms with van der Waals surface area (Å²) in [7, 11) is 4.49. The van der Waals surface area contributed by atoms with E-state index in [9.17, 15) is 4.79 Å². The Hall–Kier alpha value is -1.56. The van der Waals surface area contributed by atoms with Gasteiger partial charge in [0.2, 0.25) is 5.88 Å². The standard InChI is InChI=1S/C9H14N2O4/c1-5-6(7(14-3)9(12)13)8(15-4)11(2)10-5/h7H,1-4H3,(H,12,13). The zero-order valence-corrected chi connectivity index (χ0v) is 9.14. The highest BCUT2D eigenvalue weighted by Gasteiger charge is 2.28. The van der Waals surface area contributed by atoms with Gasteiger partial charge in [-0.15, -0.1) is 0 Å². The average molecular weight is 214 g/mol. The Morgan fingerprint density at radius 2 is 2.13 bits per heavy atom. The topological polar surface area (TPSA) is 73.6 Å². The first-order valence-corrected chi connectivity index (χ1v) is 4.36. The van der Waals surface area contributed by atoms with E-state index in [-0.39, 0.29) is 0 Å². The van der Waals surface area contributed by atoms with Crippen molar-refractivity contribution in [2.75, 3.05) is 14.2 Å². The molecule has 0 saturated carbocycles. The van der Waals surface area contributed by atoms with E-state index in [0.717, 1.165) is 0 Å². The maximum absolute atomic E-state index is 10.9. The number of hydrogen-bond acceptors (Lipinski definition) is 4. The SMILES string of the molecule is COc1c(C(OC)C(=O)O)c(C)nn1C. The van der Waals surface area contributed by atoms with Gasteiger partial charge in [-0.1, -0.05) is 0 Å². The van der Waals surface area contributed by atoms with Gasteiger partial charge in [0.1, 0.15) is 0 Å². The summed E-state index contributed by atoms with van der Waals surface area (Å²) >= 11 is 0. The monoisotopic (exact) mass is 214 g/mol. The molecule has 0 amide bonds. The molecule has 6 heteroatoms. The van der Waals surface area contributed by atoms with Crippen LogP contribution in [0.15, 0.2) is 0 Å². The lowest BCUT2D eigenvalue weighted by Gasteiger charge is -2.11. The van der Waals surface area contributed by atoms with E-state index in [1.807, 2.05) is 0 Å². The molecular weight excluding hydrogens is 200 g/mol. The third-order valence-electron chi connectivity index (χ3n) is 2.13. The third kappa shape index (κ3) is 1.94. The number of aryl methyl sites for hydroxylation is 2. The second kappa shape index (κ2) is 4.31. The number of rotatable bonds is 4. The van der Waals surface area contributed by atoms with E-state index in [4.69, 9.17) is 14.6 Å². The normalized spacial score (nSPS) is 12.5. The summed E-state index contributed by atoms with van der Waals surface area (Å²) in [6, 6.07) is 0. The van der Waals surface area contributed by atoms with Crippen molar-refractivity contribution in [3.63, 3.8) is 0 Å². The summed E-state index contributed by atoms with van der Waals surface area (Å²) in [5, 5.41) is 13.0. The van der Waals surface area contributed by atoms with Crippen LogP contribution in [0.2, 0.25) is 0 Å². The maximum atomic E-state index is 10.9. The van der Waals surface area contributed by atoms with Crippen molar-refractivity contribution in [3.8, 4) is 5.88 Å². The Morgan fingerprint density at radius 1 is 1.53 bits per heavy atom. The Labute approximate surface area is 87.4 Å². The van der Waals surface area contributed by atoms with Crippen molar-refractivity contribution in [3.05, 3.63) is 11.3 Å². The van der Waals surface area contributed by atoms with E-state index >= 15 is 0 Å². The first-order valence-electron chi connectivity index (χ1n) is 4.36. The highest BCUT2D eigenvalue weighted by molar-refractivity contribution is 5.75. The molecule has 0 aliphatic heterocycles. The third-order valence-corrected chi connectivity index (χ3v) is 2.13. The zero-order chi connectivity index (χ0) is 11.6. The fraction of sp³-hybridized carbons (Fsp3) is 0.556. The van der Waals surface area contributed by atoms with Gasteiger partial charge < -0.3 is 14.6 Å². The van der Waals surface area contributed by atoms with Gasteiger partial charge in [-0.05, 0) is 6.92 Å². The maximum Gasteiger partial charge on any atom is 0.337 e. The van der Waals surface area contributed by atoms with Crippen molar-refractivity contribution in [2.45, 2.75) is 13.0 Å². The molecule has 6 nitrogen and oxygen atoms in total. The minimum absolute atomic E-state index is 0.404. The van der Waals surface area contributed by atoms with Crippen LogP contribution in [-0.4, -0.2) is 35.1 Å². The van der Waals surface area contributed by atoms with Crippen LogP contribution in [0, 0.1) is 6.92 Å². The Kier molecular flexibility index (Phi) is 3.31. The summed E-state index contributed by atoms with van der Waals surface area (Å²) in [5.74, 6) is -0.659. The largest absolute Gasteiger partial charge is 0.481 e. The van der Waals surface area contributed by atoms with Crippen LogP contribution < -0.4 is 4.74 Å². The first kappa shape index (κ1) is 11.5. The highest BCUT2D eigenvalue weighted by atomic mass is 16.5. The van der Waals surface area contributed by atoms with Crippen molar-refractivity contribution in [2.24, 2.45) is 7.05 Å². The molecule has 84 valence electrons. The van der Waals surface area contributed by atoms with Crippen LogP contribution in [0.5, 0.6) is 5.88 Å². The molecule has 0 aromatic carbocycles. The smallest absolute Gasteiger partial charge is 0.337 e. The summed E-state index contributed by atoms with van der Waals surface area (Å²) < 4.78 is 11.5. The molecule has 15 heavy (non-hydrogen) atoms. The number of carboxylic acid groups (broad SMARTS) is 1. The number of carbonyl (C=O) groups is 1. The van der Waals surface area contributed by atoms with Gasteiger partial charge in [0.25, 0.3) is 0 Å². The number of aliphatic carboxylic acids is 1. The molecule has 1 aromatic rings. The number of nitrogens with zero attached hydrogens (tertiary/aromatic N) is 2. The number of carboxylic acids is 1. The summed E-state index contributed by atoms with van der Waals surface area (Å²) in [5.41, 5.74) is 1.04. The molecular formula is C9H14N2O4. The quantitative estimate of drug-likeness (QED) is 0.790. The van der Waals surface area contributed by atoms with Crippen molar-refractivity contribution < 1.29 is 19.4 Å². The van der Waals surface area contributed by atoms with Crippen LogP contribution in [0.3, 0.4) is 0 Å². The molecule has 1 heterocycles. The number of ether oxygens (including phenoxy) is 2. The first-order chi connectivity index (χ1) is 7.02. The Morgan fingerprint density at radius 3 is 2.53 bits per heavy atom. The van der Waals surface area contributed by atoms with Crippen LogP contribution in [0.25, 0.3) is 0 Å². The van der Waals surface area contributed by atoms with E-state index < -0.39 is 12.1 Å². The van der Waals surface area contributed by atoms with Gasteiger partial charge in [-0.2, -0.15) is 5.10 Å². The fourth-order valence-electron chi connectivity index (χ4n) is 1.54. The van der Waals surface area contributed by atoms with Crippen LogP contribution >= 0.6 is 0 Å². The van der Waals surface area contributed by atoms with Crippen molar-refractivity contribution in [1.82, 2.24) is 9.78 Å². The minimum Gasteiger partial charge on any atom is -0.481 e. The van der Waals surface area contributed by atoms with Crippen LogP contribution in [-0.2, 0) is 16.6 Å². The van der Waals surface area contributed by atoms with Gasteiger partial charge >= 0.3 is 5.97 Å². The van der Waals surface area contributed by atoms with Crippen molar-refractivity contribution in [1.29, 1.82) is 0 Å². The molecule has 0 fully saturated rings. The highest BCUT2D eigenvalue weighted by Crippen LogP contribution is 2.29. The lowest BCUT2D eigenvalue weighted by molar-refractivity contribution is -0.149. The average Bonchev–Trinajstić information content (AvgIpc) is 2.42. The predicted molar refractivity (Wildman–Crippen MR) is 51.9 cm³/mol. The summed E-state index contributed by atoms with van der Waals surface area (Å²) in [6.45, 7) is 1.72. The molecule has 0 aliphatic carbocycles. The molecule has 0 saturated heterocycles. The minimum atomic E-state index is -1.06. The lowest BCUT2D eigenvalue weighted by atomic mass is 10.1. The fourth-order valence-corrected chi connectivity index (χ4v) is 1.54. The van der Waals surface area contributed by atoms with Gasteiger partial charge in [-0.3, -0.25) is 0 Å². The molecule has 1 rings (SSSR count). The van der Waals surface area contributed by atoms with Gasteiger partial charge in [0.15, 0.2) is 6.10 Å². The predicted octanol–water partition coefficient (Wildman–Crippen LogP) is 0.509. The molecule has 0 bridgehead atoms. The van der Waals surface area contributed by atoms with E-state index in [0.29, 0.717) is 17.1 Å².